The minimum Gasteiger partial charge on any atom is -0.481 e. The summed E-state index contributed by atoms with van der Waals surface area (Å²) >= 11 is 0. The van der Waals surface area contributed by atoms with Crippen molar-refractivity contribution >= 4 is 17.9 Å². The highest BCUT2D eigenvalue weighted by molar-refractivity contribution is 5.73. The van der Waals surface area contributed by atoms with Gasteiger partial charge in [0.1, 0.15) is 0 Å². The lowest BCUT2D eigenvalue weighted by molar-refractivity contribution is -0.149. The van der Waals surface area contributed by atoms with Gasteiger partial charge in [0.2, 0.25) is 0 Å². The Balaban J connectivity index is -0.000000336. The van der Waals surface area contributed by atoms with E-state index in [0.717, 1.165) is 12.8 Å². The molecule has 0 aliphatic carbocycles. The normalized spacial score (nSPS) is 10.8. The van der Waals surface area contributed by atoms with Gasteiger partial charge in [0, 0.05) is 18.3 Å². The number of unbranched alkanes of at least 4 members (excludes halogenated alkanes) is 3. The molecule has 6 N–H and O–H groups in total. The zero-order chi connectivity index (χ0) is 22.1. The van der Waals surface area contributed by atoms with Crippen molar-refractivity contribution in [2.45, 2.75) is 66.2 Å². The van der Waals surface area contributed by atoms with Crippen LogP contribution in [0.4, 0.5) is 0 Å². The Kier molecular flexibility index (Phi) is 18.3. The average Bonchev–Trinajstić information content (AvgIpc) is 2.58. The molecule has 0 unspecified atom stereocenters. The highest BCUT2D eigenvalue weighted by atomic mass is 16.4. The number of aliphatic carboxylic acids is 3. The van der Waals surface area contributed by atoms with Crippen molar-refractivity contribution in [3.8, 4) is 0 Å². The van der Waals surface area contributed by atoms with Crippen molar-refractivity contribution < 1.29 is 45.0 Å². The van der Waals surface area contributed by atoms with Gasteiger partial charge in [0.15, 0.2) is 0 Å². The number of carbonyl (C=O) groups is 3. The van der Waals surface area contributed by atoms with E-state index in [1.54, 1.807) is 13.8 Å². The first kappa shape index (κ1) is 30.0. The molecule has 9 nitrogen and oxygen atoms in total. The molecule has 0 saturated carbocycles. The highest BCUT2D eigenvalue weighted by Gasteiger charge is 2.25. The zero-order valence-corrected chi connectivity index (χ0v) is 16.8. The Morgan fingerprint density at radius 1 is 0.630 bits per heavy atom. The molecule has 0 amide bonds. The van der Waals surface area contributed by atoms with Gasteiger partial charge in [0.25, 0.3) is 0 Å². The molecular weight excluding hydrogens is 360 g/mol. The molecule has 0 aromatic rings. The van der Waals surface area contributed by atoms with Crippen LogP contribution in [0.1, 0.15) is 66.2 Å². The molecule has 0 spiro atoms. The maximum Gasteiger partial charge on any atom is 0.311 e. The first-order valence-electron chi connectivity index (χ1n) is 8.75. The molecule has 0 saturated heterocycles. The van der Waals surface area contributed by atoms with Crippen LogP contribution >= 0.6 is 0 Å². The van der Waals surface area contributed by atoms with E-state index in [9.17, 15) is 14.4 Å². The van der Waals surface area contributed by atoms with E-state index in [-0.39, 0.29) is 38.1 Å². The highest BCUT2D eigenvalue weighted by Crippen LogP contribution is 2.12. The number of carboxylic acid groups (broad SMARTS) is 3. The van der Waals surface area contributed by atoms with E-state index in [4.69, 9.17) is 30.6 Å². The molecule has 0 fully saturated rings. The third kappa shape index (κ3) is 24.3. The standard InChI is InChI=1S/C8H14O4.C5H10O3.C5H12O2/c9-7(10)5-3-1-2-4-6-8(11)12;1-5(2,3-6)4(7)8;1-5(2,3-6)4-7/h1-6H2,(H,9,10)(H,11,12);6H,3H2,1-2H3,(H,7,8);6-7H,3-4H2,1-2H3. The number of hydrogen-bond donors (Lipinski definition) is 6. The van der Waals surface area contributed by atoms with Gasteiger partial charge in [-0.1, -0.05) is 26.7 Å². The molecule has 0 rings (SSSR count). The lowest BCUT2D eigenvalue weighted by Crippen LogP contribution is -2.27. The van der Waals surface area contributed by atoms with Gasteiger partial charge >= 0.3 is 17.9 Å². The predicted molar refractivity (Wildman–Crippen MR) is 99.4 cm³/mol. The molecule has 0 aliphatic rings. The first-order chi connectivity index (χ1) is 12.3. The number of rotatable bonds is 11. The summed E-state index contributed by atoms with van der Waals surface area (Å²) in [6.07, 6.45) is 3.28. The molecule has 0 atom stereocenters. The number of aliphatic hydroxyl groups is 3. The third-order valence-corrected chi connectivity index (χ3v) is 3.36. The summed E-state index contributed by atoms with van der Waals surface area (Å²) in [6, 6.07) is 0. The van der Waals surface area contributed by atoms with Crippen LogP contribution in [0, 0.1) is 10.8 Å². The van der Waals surface area contributed by atoms with E-state index in [2.05, 4.69) is 0 Å². The molecule has 27 heavy (non-hydrogen) atoms. The van der Waals surface area contributed by atoms with Gasteiger partial charge in [-0.05, 0) is 26.7 Å². The maximum atomic E-state index is 10.1. The number of hydrogen-bond acceptors (Lipinski definition) is 6. The lowest BCUT2D eigenvalue weighted by atomic mass is 9.96. The van der Waals surface area contributed by atoms with Gasteiger partial charge in [-0.3, -0.25) is 14.4 Å². The topological polar surface area (TPSA) is 173 Å². The van der Waals surface area contributed by atoms with Crippen molar-refractivity contribution in [1.82, 2.24) is 0 Å². The summed E-state index contributed by atoms with van der Waals surface area (Å²) in [5.74, 6) is -2.54. The fourth-order valence-corrected chi connectivity index (χ4v) is 1.02. The monoisotopic (exact) mass is 396 g/mol. The lowest BCUT2D eigenvalue weighted by Gasteiger charge is -2.16. The van der Waals surface area contributed by atoms with Crippen LogP contribution in [0.25, 0.3) is 0 Å². The van der Waals surface area contributed by atoms with Crippen LogP contribution < -0.4 is 0 Å². The maximum absolute atomic E-state index is 10.1. The molecule has 0 aliphatic heterocycles. The SMILES string of the molecule is CC(C)(CO)C(=O)O.CC(C)(CO)CO.O=C(O)CCCCCCC(=O)O. The van der Waals surface area contributed by atoms with Crippen LogP contribution in [-0.4, -0.2) is 68.4 Å². The summed E-state index contributed by atoms with van der Waals surface area (Å²) < 4.78 is 0. The minimum absolute atomic E-state index is 0.0451. The van der Waals surface area contributed by atoms with Crippen LogP contribution in [0.2, 0.25) is 0 Å². The Morgan fingerprint density at radius 2 is 0.963 bits per heavy atom. The van der Waals surface area contributed by atoms with Crippen LogP contribution in [0.5, 0.6) is 0 Å². The van der Waals surface area contributed by atoms with Gasteiger partial charge in [-0.25, -0.2) is 0 Å². The second-order valence-electron chi connectivity index (χ2n) is 7.53. The molecule has 9 heteroatoms. The number of carboxylic acids is 3. The average molecular weight is 396 g/mol. The summed E-state index contributed by atoms with van der Waals surface area (Å²) in [5, 5.41) is 50.1. The molecule has 0 aromatic carbocycles. The summed E-state index contributed by atoms with van der Waals surface area (Å²) in [6.45, 7) is 6.31. The van der Waals surface area contributed by atoms with Crippen molar-refractivity contribution in [1.29, 1.82) is 0 Å². The summed E-state index contributed by atoms with van der Waals surface area (Å²) in [4.78, 5) is 30.2. The predicted octanol–water partition coefficient (Wildman–Crippen LogP) is 1.58. The van der Waals surface area contributed by atoms with E-state index < -0.39 is 23.3 Å². The van der Waals surface area contributed by atoms with E-state index >= 15 is 0 Å². The molecule has 162 valence electrons. The fourth-order valence-electron chi connectivity index (χ4n) is 1.02. The van der Waals surface area contributed by atoms with Gasteiger partial charge < -0.3 is 30.6 Å². The van der Waals surface area contributed by atoms with Gasteiger partial charge in [0.05, 0.1) is 25.2 Å². The zero-order valence-electron chi connectivity index (χ0n) is 16.8. The second-order valence-corrected chi connectivity index (χ2v) is 7.53. The molecular formula is C18H36O9. The van der Waals surface area contributed by atoms with Crippen LogP contribution in [0.15, 0.2) is 0 Å². The van der Waals surface area contributed by atoms with Gasteiger partial charge in [-0.2, -0.15) is 0 Å². The van der Waals surface area contributed by atoms with E-state index in [1.807, 2.05) is 0 Å². The Labute approximate surface area is 160 Å². The second kappa shape index (κ2) is 16.5. The van der Waals surface area contributed by atoms with Crippen LogP contribution in [-0.2, 0) is 14.4 Å². The molecule has 0 heterocycles. The van der Waals surface area contributed by atoms with Crippen molar-refractivity contribution in [2.24, 2.45) is 10.8 Å². The quantitative estimate of drug-likeness (QED) is 0.283. The fraction of sp³-hybridized carbons (Fsp3) is 0.833. The summed E-state index contributed by atoms with van der Waals surface area (Å²) in [5.41, 5.74) is -1.29. The first-order valence-corrected chi connectivity index (χ1v) is 8.75. The van der Waals surface area contributed by atoms with E-state index in [0.29, 0.717) is 12.8 Å². The van der Waals surface area contributed by atoms with E-state index in [1.165, 1.54) is 13.8 Å². The largest absolute Gasteiger partial charge is 0.481 e. The van der Waals surface area contributed by atoms with Crippen molar-refractivity contribution in [3.63, 3.8) is 0 Å². The minimum atomic E-state index is -0.986. The third-order valence-electron chi connectivity index (χ3n) is 3.36. The molecule has 0 bridgehead atoms. The smallest absolute Gasteiger partial charge is 0.311 e. The summed E-state index contributed by atoms with van der Waals surface area (Å²) in [7, 11) is 0. The van der Waals surface area contributed by atoms with Gasteiger partial charge in [-0.15, -0.1) is 0 Å². The molecule has 0 radical (unpaired) electrons. The Bertz CT molecular complexity index is 393. The van der Waals surface area contributed by atoms with Crippen LogP contribution in [0.3, 0.4) is 0 Å². The Morgan fingerprint density at radius 3 is 1.07 bits per heavy atom. The van der Waals surface area contributed by atoms with Crippen molar-refractivity contribution in [2.75, 3.05) is 19.8 Å². The van der Waals surface area contributed by atoms with Crippen molar-refractivity contribution in [3.05, 3.63) is 0 Å². The molecule has 0 aromatic heterocycles. The number of aliphatic hydroxyl groups excluding tert-OH is 3. The Hall–Kier alpha value is -1.71.